The molecule has 2 aromatic rings. The van der Waals surface area contributed by atoms with Crippen molar-refractivity contribution < 1.29 is 9.59 Å². The fourth-order valence-electron chi connectivity index (χ4n) is 2.63. The highest BCUT2D eigenvalue weighted by molar-refractivity contribution is 5.86. The molecular formula is C18H23N5O3. The molecule has 2 heterocycles. The summed E-state index contributed by atoms with van der Waals surface area (Å²) in [7, 11) is 0. The highest BCUT2D eigenvalue weighted by Gasteiger charge is 2.12. The zero-order valence-electron chi connectivity index (χ0n) is 15.2. The second-order valence-corrected chi connectivity index (χ2v) is 6.06. The van der Waals surface area contributed by atoms with Crippen LogP contribution in [0.1, 0.15) is 37.1 Å². The van der Waals surface area contributed by atoms with E-state index in [-0.39, 0.29) is 23.3 Å². The fraction of sp³-hybridized carbons (Fsp3) is 0.389. The van der Waals surface area contributed by atoms with Gasteiger partial charge in [-0.2, -0.15) is 0 Å². The van der Waals surface area contributed by atoms with Crippen LogP contribution in [0.25, 0.3) is 0 Å². The quantitative estimate of drug-likeness (QED) is 0.779. The predicted molar refractivity (Wildman–Crippen MR) is 97.5 cm³/mol. The van der Waals surface area contributed by atoms with E-state index in [1.807, 2.05) is 12.1 Å². The Bertz CT molecular complexity index is 832. The second kappa shape index (κ2) is 8.89. The lowest BCUT2D eigenvalue weighted by molar-refractivity contribution is -0.129. The fourth-order valence-corrected chi connectivity index (χ4v) is 2.63. The number of hydrogen-bond donors (Lipinski definition) is 2. The number of nitrogens with zero attached hydrogens (tertiary/aromatic N) is 3. The standard InChI is InChI=1S/C18H23N5O3/c1-12-16(17(26)22-18(20-12)21-13(2)24)5-4-10-23(14(3)25)11-15-6-8-19-9-7-15/h6-9H,4-5,10-11H2,1-3H3,(H2,20,21,22,24,26). The van der Waals surface area contributed by atoms with Gasteiger partial charge in [-0.25, -0.2) is 4.98 Å². The summed E-state index contributed by atoms with van der Waals surface area (Å²) in [4.78, 5) is 47.6. The van der Waals surface area contributed by atoms with E-state index in [4.69, 9.17) is 0 Å². The minimum absolute atomic E-state index is 0.0217. The van der Waals surface area contributed by atoms with E-state index < -0.39 is 0 Å². The molecule has 0 aliphatic rings. The largest absolute Gasteiger partial charge is 0.339 e. The number of carbonyl (C=O) groups excluding carboxylic acids is 2. The SMILES string of the molecule is CC(=O)Nc1nc(C)c(CCCN(Cc2ccncc2)C(C)=O)c(=O)[nH]1. The summed E-state index contributed by atoms with van der Waals surface area (Å²) in [5.41, 5.74) is 1.86. The molecular weight excluding hydrogens is 334 g/mol. The average molecular weight is 357 g/mol. The number of anilines is 1. The van der Waals surface area contributed by atoms with Gasteiger partial charge in [-0.3, -0.25) is 29.7 Å². The number of aryl methyl sites for hydroxylation is 1. The molecule has 0 saturated heterocycles. The summed E-state index contributed by atoms with van der Waals surface area (Å²) < 4.78 is 0. The number of carbonyl (C=O) groups is 2. The predicted octanol–water partition coefficient (Wildman–Crippen LogP) is 1.41. The van der Waals surface area contributed by atoms with Gasteiger partial charge in [-0.1, -0.05) is 0 Å². The first kappa shape index (κ1) is 19.3. The van der Waals surface area contributed by atoms with Gasteiger partial charge in [0.05, 0.1) is 0 Å². The van der Waals surface area contributed by atoms with Crippen LogP contribution in [-0.2, 0) is 22.6 Å². The third-order valence-electron chi connectivity index (χ3n) is 3.94. The first-order valence-electron chi connectivity index (χ1n) is 8.38. The number of aromatic nitrogens is 3. The molecule has 0 bridgehead atoms. The molecule has 2 aromatic heterocycles. The Balaban J connectivity index is 2.00. The summed E-state index contributed by atoms with van der Waals surface area (Å²) >= 11 is 0. The van der Waals surface area contributed by atoms with Crippen LogP contribution in [-0.4, -0.2) is 38.2 Å². The van der Waals surface area contributed by atoms with Crippen molar-refractivity contribution in [3.63, 3.8) is 0 Å². The van der Waals surface area contributed by atoms with Crippen LogP contribution in [0.5, 0.6) is 0 Å². The number of nitrogens with one attached hydrogen (secondary N) is 2. The Labute approximate surface area is 151 Å². The highest BCUT2D eigenvalue weighted by Crippen LogP contribution is 2.09. The van der Waals surface area contributed by atoms with Crippen molar-refractivity contribution in [1.82, 2.24) is 19.9 Å². The van der Waals surface area contributed by atoms with Gasteiger partial charge >= 0.3 is 0 Å². The number of hydrogen-bond acceptors (Lipinski definition) is 5. The maximum Gasteiger partial charge on any atom is 0.255 e. The molecule has 0 atom stereocenters. The zero-order chi connectivity index (χ0) is 19.1. The molecule has 0 radical (unpaired) electrons. The maximum atomic E-state index is 12.2. The van der Waals surface area contributed by atoms with Crippen LogP contribution in [0, 0.1) is 6.92 Å². The normalized spacial score (nSPS) is 10.4. The number of rotatable bonds is 7. The van der Waals surface area contributed by atoms with Gasteiger partial charge in [0.15, 0.2) is 0 Å². The highest BCUT2D eigenvalue weighted by atomic mass is 16.2. The summed E-state index contributed by atoms with van der Waals surface area (Å²) in [5.74, 6) is -0.174. The molecule has 8 heteroatoms. The van der Waals surface area contributed by atoms with Crippen LogP contribution in [0.15, 0.2) is 29.3 Å². The van der Waals surface area contributed by atoms with Crippen molar-refractivity contribution >= 4 is 17.8 Å². The zero-order valence-corrected chi connectivity index (χ0v) is 15.2. The molecule has 0 spiro atoms. The van der Waals surface area contributed by atoms with Crippen molar-refractivity contribution in [3.8, 4) is 0 Å². The average Bonchev–Trinajstić information content (AvgIpc) is 2.56. The Kier molecular flexibility index (Phi) is 6.60. The Morgan fingerprint density at radius 2 is 1.92 bits per heavy atom. The topological polar surface area (TPSA) is 108 Å². The number of aromatic amines is 1. The first-order chi connectivity index (χ1) is 12.4. The maximum absolute atomic E-state index is 12.2. The molecule has 0 fully saturated rings. The molecule has 8 nitrogen and oxygen atoms in total. The van der Waals surface area contributed by atoms with Gasteiger partial charge in [0.25, 0.3) is 5.56 Å². The third kappa shape index (κ3) is 5.51. The molecule has 2 N–H and O–H groups in total. The molecule has 0 unspecified atom stereocenters. The van der Waals surface area contributed by atoms with Crippen molar-refractivity contribution in [2.24, 2.45) is 0 Å². The van der Waals surface area contributed by atoms with Crippen molar-refractivity contribution in [1.29, 1.82) is 0 Å². The van der Waals surface area contributed by atoms with Crippen LogP contribution < -0.4 is 10.9 Å². The van der Waals surface area contributed by atoms with Gasteiger partial charge in [0.1, 0.15) is 0 Å². The van der Waals surface area contributed by atoms with E-state index in [0.29, 0.717) is 37.2 Å². The minimum atomic E-state index is -0.298. The smallest absolute Gasteiger partial charge is 0.255 e. The van der Waals surface area contributed by atoms with E-state index >= 15 is 0 Å². The lowest BCUT2D eigenvalue weighted by Gasteiger charge is -2.21. The summed E-state index contributed by atoms with van der Waals surface area (Å²) in [5, 5.41) is 2.47. The summed E-state index contributed by atoms with van der Waals surface area (Å²) in [6, 6.07) is 3.74. The van der Waals surface area contributed by atoms with Gasteiger partial charge < -0.3 is 4.90 Å². The van der Waals surface area contributed by atoms with Gasteiger partial charge in [0, 0.05) is 50.6 Å². The molecule has 26 heavy (non-hydrogen) atoms. The van der Waals surface area contributed by atoms with Crippen LogP contribution in [0.4, 0.5) is 5.95 Å². The van der Waals surface area contributed by atoms with E-state index in [1.54, 1.807) is 24.2 Å². The lowest BCUT2D eigenvalue weighted by atomic mass is 10.1. The molecule has 0 saturated carbocycles. The van der Waals surface area contributed by atoms with Crippen LogP contribution in [0.2, 0.25) is 0 Å². The van der Waals surface area contributed by atoms with Crippen LogP contribution in [0.3, 0.4) is 0 Å². The van der Waals surface area contributed by atoms with Crippen molar-refractivity contribution in [2.75, 3.05) is 11.9 Å². The van der Waals surface area contributed by atoms with E-state index in [1.165, 1.54) is 13.8 Å². The summed E-state index contributed by atoms with van der Waals surface area (Å²) in [6.45, 7) is 5.65. The molecule has 0 aliphatic carbocycles. The lowest BCUT2D eigenvalue weighted by Crippen LogP contribution is -2.30. The van der Waals surface area contributed by atoms with Gasteiger partial charge in [-0.05, 0) is 37.5 Å². The molecule has 0 aromatic carbocycles. The molecule has 2 rings (SSSR count). The van der Waals surface area contributed by atoms with Crippen molar-refractivity contribution in [2.45, 2.75) is 40.2 Å². The van der Waals surface area contributed by atoms with E-state index in [9.17, 15) is 14.4 Å². The van der Waals surface area contributed by atoms with Gasteiger partial charge in [0.2, 0.25) is 17.8 Å². The number of amides is 2. The van der Waals surface area contributed by atoms with E-state index in [0.717, 1.165) is 5.56 Å². The van der Waals surface area contributed by atoms with Gasteiger partial charge in [-0.15, -0.1) is 0 Å². The second-order valence-electron chi connectivity index (χ2n) is 6.06. The van der Waals surface area contributed by atoms with E-state index in [2.05, 4.69) is 20.3 Å². The van der Waals surface area contributed by atoms with Crippen molar-refractivity contribution in [3.05, 3.63) is 51.7 Å². The van der Waals surface area contributed by atoms with Crippen LogP contribution >= 0.6 is 0 Å². The Morgan fingerprint density at radius 3 is 2.50 bits per heavy atom. The molecule has 0 aliphatic heterocycles. The Morgan fingerprint density at radius 1 is 1.23 bits per heavy atom. The molecule has 138 valence electrons. The third-order valence-corrected chi connectivity index (χ3v) is 3.94. The first-order valence-corrected chi connectivity index (χ1v) is 8.38. The number of H-pyrrole nitrogens is 1. The monoisotopic (exact) mass is 357 g/mol. The molecule has 2 amide bonds. The Hall–Kier alpha value is -3.03. The minimum Gasteiger partial charge on any atom is -0.339 e. The summed E-state index contributed by atoms with van der Waals surface area (Å²) in [6.07, 6.45) is 4.52. The number of pyridine rings is 1.